The average molecular weight is 262 g/mol. The van der Waals surface area contributed by atoms with Crippen molar-refractivity contribution in [1.82, 2.24) is 10.3 Å². The molecule has 0 bridgehead atoms. The first-order valence-corrected chi connectivity index (χ1v) is 6.37. The largest absolute Gasteiger partial charge is 0.380 e. The number of anilines is 1. The maximum atomic E-state index is 10.9. The Labute approximate surface area is 109 Å². The highest BCUT2D eigenvalue weighted by atomic mass is 16.6. The highest BCUT2D eigenvalue weighted by Crippen LogP contribution is 2.39. The second kappa shape index (κ2) is 4.49. The second-order valence-corrected chi connectivity index (χ2v) is 4.89. The van der Waals surface area contributed by atoms with E-state index in [2.05, 4.69) is 27.2 Å². The highest BCUT2D eigenvalue weighted by molar-refractivity contribution is 5.93. The van der Waals surface area contributed by atoms with E-state index in [1.165, 1.54) is 18.9 Å². The Balaban J connectivity index is 1.87. The van der Waals surface area contributed by atoms with Gasteiger partial charge in [0.1, 0.15) is 0 Å². The lowest BCUT2D eigenvalue weighted by molar-refractivity contribution is -0.383. The van der Waals surface area contributed by atoms with Crippen LogP contribution >= 0.6 is 0 Å². The standard InChI is InChI=1S/C12H14N4O3/c1-2-3-7-6-9(7)13-8-4-5-10(16(17)18)12-11(8)14-19-15-12/h4-5,7,9,13H,2-3,6H2,1H3. The van der Waals surface area contributed by atoms with Gasteiger partial charge in [-0.25, -0.2) is 4.63 Å². The molecule has 2 atom stereocenters. The Morgan fingerprint density at radius 1 is 1.47 bits per heavy atom. The molecule has 0 amide bonds. The molecule has 1 aliphatic carbocycles. The van der Waals surface area contributed by atoms with E-state index in [4.69, 9.17) is 0 Å². The summed E-state index contributed by atoms with van der Waals surface area (Å²) in [6, 6.07) is 3.54. The number of aromatic nitrogens is 2. The number of rotatable bonds is 5. The Morgan fingerprint density at radius 2 is 2.26 bits per heavy atom. The molecule has 0 spiro atoms. The molecule has 1 fully saturated rings. The summed E-state index contributed by atoms with van der Waals surface area (Å²) in [5, 5.41) is 21.6. The first kappa shape index (κ1) is 11.9. The normalized spacial score (nSPS) is 21.5. The van der Waals surface area contributed by atoms with Crippen molar-refractivity contribution in [2.75, 3.05) is 5.32 Å². The Bertz CT molecular complexity index is 624. The second-order valence-electron chi connectivity index (χ2n) is 4.89. The van der Waals surface area contributed by atoms with Crippen molar-refractivity contribution >= 4 is 22.4 Å². The molecule has 7 heteroatoms. The van der Waals surface area contributed by atoms with Crippen molar-refractivity contribution in [1.29, 1.82) is 0 Å². The molecule has 19 heavy (non-hydrogen) atoms. The third kappa shape index (κ3) is 2.11. The zero-order valence-corrected chi connectivity index (χ0v) is 10.5. The molecule has 1 N–H and O–H groups in total. The summed E-state index contributed by atoms with van der Waals surface area (Å²) in [4.78, 5) is 10.4. The monoisotopic (exact) mass is 262 g/mol. The van der Waals surface area contributed by atoms with Crippen LogP contribution in [0.5, 0.6) is 0 Å². The summed E-state index contributed by atoms with van der Waals surface area (Å²) >= 11 is 0. The van der Waals surface area contributed by atoms with Gasteiger partial charge in [-0.15, -0.1) is 0 Å². The number of non-ortho nitro benzene ring substituents is 1. The number of nitro groups is 1. The first-order valence-electron chi connectivity index (χ1n) is 6.37. The number of nitro benzene ring substituents is 1. The summed E-state index contributed by atoms with van der Waals surface area (Å²) < 4.78 is 4.63. The molecule has 1 aliphatic rings. The van der Waals surface area contributed by atoms with E-state index in [-0.39, 0.29) is 11.2 Å². The minimum absolute atomic E-state index is 0.0808. The average Bonchev–Trinajstić information content (AvgIpc) is 2.90. The van der Waals surface area contributed by atoms with Crippen LogP contribution in [0.1, 0.15) is 26.2 Å². The molecular formula is C12H14N4O3. The van der Waals surface area contributed by atoms with Crippen LogP contribution in [0.3, 0.4) is 0 Å². The minimum atomic E-state index is -0.479. The quantitative estimate of drug-likeness (QED) is 0.657. The summed E-state index contributed by atoms with van der Waals surface area (Å²) in [5.41, 5.74) is 1.30. The lowest BCUT2D eigenvalue weighted by Gasteiger charge is -2.05. The maximum absolute atomic E-state index is 10.9. The van der Waals surface area contributed by atoms with Gasteiger partial charge in [0, 0.05) is 12.1 Å². The Kier molecular flexibility index (Phi) is 2.81. The summed E-state index contributed by atoms with van der Waals surface area (Å²) in [6.07, 6.45) is 3.51. The van der Waals surface area contributed by atoms with E-state index in [0.29, 0.717) is 17.5 Å². The maximum Gasteiger partial charge on any atom is 0.300 e. The van der Waals surface area contributed by atoms with Gasteiger partial charge in [-0.1, -0.05) is 13.3 Å². The molecule has 0 saturated heterocycles. The van der Waals surface area contributed by atoms with Crippen molar-refractivity contribution in [3.8, 4) is 0 Å². The number of nitrogens with zero attached hydrogens (tertiary/aromatic N) is 3. The van der Waals surface area contributed by atoms with Crippen molar-refractivity contribution in [2.45, 2.75) is 32.2 Å². The third-order valence-corrected chi connectivity index (χ3v) is 3.51. The van der Waals surface area contributed by atoms with Crippen LogP contribution in [-0.4, -0.2) is 21.3 Å². The van der Waals surface area contributed by atoms with Crippen LogP contribution in [0.15, 0.2) is 16.8 Å². The Hall–Kier alpha value is -2.18. The topological polar surface area (TPSA) is 94.1 Å². The highest BCUT2D eigenvalue weighted by Gasteiger charge is 2.36. The minimum Gasteiger partial charge on any atom is -0.380 e. The van der Waals surface area contributed by atoms with Crippen LogP contribution in [0.4, 0.5) is 11.4 Å². The van der Waals surface area contributed by atoms with Gasteiger partial charge in [0.2, 0.25) is 5.52 Å². The molecule has 1 aromatic heterocycles. The van der Waals surface area contributed by atoms with E-state index >= 15 is 0 Å². The fourth-order valence-corrected chi connectivity index (χ4v) is 2.43. The fourth-order valence-electron chi connectivity index (χ4n) is 2.43. The molecule has 100 valence electrons. The van der Waals surface area contributed by atoms with Crippen LogP contribution in [0.2, 0.25) is 0 Å². The lowest BCUT2D eigenvalue weighted by Crippen LogP contribution is -2.05. The van der Waals surface area contributed by atoms with Crippen molar-refractivity contribution in [3.05, 3.63) is 22.2 Å². The van der Waals surface area contributed by atoms with Crippen molar-refractivity contribution in [2.24, 2.45) is 5.92 Å². The van der Waals surface area contributed by atoms with Crippen molar-refractivity contribution in [3.63, 3.8) is 0 Å². The van der Waals surface area contributed by atoms with Gasteiger partial charge in [-0.3, -0.25) is 10.1 Å². The molecule has 1 aromatic carbocycles. The zero-order valence-electron chi connectivity index (χ0n) is 10.5. The fraction of sp³-hybridized carbons (Fsp3) is 0.500. The van der Waals surface area contributed by atoms with Gasteiger partial charge in [0.15, 0.2) is 5.52 Å². The molecule has 1 saturated carbocycles. The van der Waals surface area contributed by atoms with Crippen LogP contribution in [0.25, 0.3) is 11.0 Å². The van der Waals surface area contributed by atoms with Gasteiger partial charge in [0.05, 0.1) is 10.6 Å². The van der Waals surface area contributed by atoms with Gasteiger partial charge >= 0.3 is 5.69 Å². The van der Waals surface area contributed by atoms with E-state index in [0.717, 1.165) is 12.1 Å². The van der Waals surface area contributed by atoms with Gasteiger partial charge in [-0.05, 0) is 35.1 Å². The number of benzene rings is 1. The summed E-state index contributed by atoms with van der Waals surface area (Å²) in [6.45, 7) is 2.17. The zero-order chi connectivity index (χ0) is 13.4. The number of fused-ring (bicyclic) bond motifs is 1. The smallest absolute Gasteiger partial charge is 0.300 e. The molecule has 7 nitrogen and oxygen atoms in total. The molecule has 2 unspecified atom stereocenters. The summed E-state index contributed by atoms with van der Waals surface area (Å²) in [7, 11) is 0. The summed E-state index contributed by atoms with van der Waals surface area (Å²) in [5.74, 6) is 0.690. The van der Waals surface area contributed by atoms with Crippen LogP contribution in [-0.2, 0) is 0 Å². The predicted octanol–water partition coefficient (Wildman–Crippen LogP) is 2.73. The van der Waals surface area contributed by atoms with Crippen LogP contribution < -0.4 is 5.32 Å². The van der Waals surface area contributed by atoms with Gasteiger partial charge < -0.3 is 5.32 Å². The van der Waals surface area contributed by atoms with Gasteiger partial charge in [0.25, 0.3) is 0 Å². The predicted molar refractivity (Wildman–Crippen MR) is 68.9 cm³/mol. The molecule has 2 aromatic rings. The number of hydrogen-bond donors (Lipinski definition) is 1. The van der Waals surface area contributed by atoms with E-state index < -0.39 is 4.92 Å². The molecular weight excluding hydrogens is 248 g/mol. The van der Waals surface area contributed by atoms with Crippen molar-refractivity contribution < 1.29 is 9.55 Å². The number of nitrogens with one attached hydrogen (secondary N) is 1. The SMILES string of the molecule is CCCC1CC1Nc1ccc([N+](=O)[O-])c2nonc12. The lowest BCUT2D eigenvalue weighted by atomic mass is 10.2. The third-order valence-electron chi connectivity index (χ3n) is 3.51. The molecule has 1 heterocycles. The number of hydrogen-bond acceptors (Lipinski definition) is 6. The van der Waals surface area contributed by atoms with Crippen LogP contribution in [0, 0.1) is 16.0 Å². The molecule has 0 aliphatic heterocycles. The van der Waals surface area contributed by atoms with E-state index in [1.54, 1.807) is 6.07 Å². The van der Waals surface area contributed by atoms with Gasteiger partial charge in [-0.2, -0.15) is 0 Å². The Morgan fingerprint density at radius 3 is 3.00 bits per heavy atom. The molecule has 3 rings (SSSR count). The molecule has 0 radical (unpaired) electrons. The first-order chi connectivity index (χ1) is 9.20. The van der Waals surface area contributed by atoms with E-state index in [9.17, 15) is 10.1 Å². The van der Waals surface area contributed by atoms with E-state index in [1.807, 2.05) is 0 Å².